The summed E-state index contributed by atoms with van der Waals surface area (Å²) in [5, 5.41) is 6.43. The number of ether oxygens (including phenoxy) is 1. The van der Waals surface area contributed by atoms with Crippen molar-refractivity contribution in [2.75, 3.05) is 13.1 Å². The molecule has 0 aromatic heterocycles. The second-order valence-corrected chi connectivity index (χ2v) is 6.14. The third-order valence-electron chi connectivity index (χ3n) is 4.29. The van der Waals surface area contributed by atoms with E-state index in [1.54, 1.807) is 6.07 Å². The largest absolute Gasteiger partial charge is 0.489 e. The van der Waals surface area contributed by atoms with Crippen LogP contribution in [0.3, 0.4) is 0 Å². The van der Waals surface area contributed by atoms with Gasteiger partial charge in [0.15, 0.2) is 0 Å². The van der Waals surface area contributed by atoms with Crippen molar-refractivity contribution in [3.8, 4) is 5.75 Å². The van der Waals surface area contributed by atoms with Crippen LogP contribution in [0.4, 0.5) is 0 Å². The minimum absolute atomic E-state index is 0. The SMILES string of the molecule is Cl.O=C(NCC[C@H]1CCCN1)c1cccc(OCc2ccccc2)c1. The summed E-state index contributed by atoms with van der Waals surface area (Å²) in [6.07, 6.45) is 3.42. The average Bonchev–Trinajstić information content (AvgIpc) is 3.14. The maximum absolute atomic E-state index is 12.3. The first kappa shape index (κ1) is 19.3. The van der Waals surface area contributed by atoms with Crippen LogP contribution in [-0.2, 0) is 6.61 Å². The van der Waals surface area contributed by atoms with Gasteiger partial charge in [0.05, 0.1) is 0 Å². The molecule has 25 heavy (non-hydrogen) atoms. The number of carbonyl (C=O) groups is 1. The maximum Gasteiger partial charge on any atom is 0.251 e. The Kier molecular flexibility index (Phi) is 7.76. The first-order valence-electron chi connectivity index (χ1n) is 8.59. The Bertz CT molecular complexity index is 658. The highest BCUT2D eigenvalue weighted by Gasteiger charge is 2.14. The molecule has 0 unspecified atom stereocenters. The molecule has 0 saturated carbocycles. The van der Waals surface area contributed by atoms with E-state index in [2.05, 4.69) is 10.6 Å². The average molecular weight is 361 g/mol. The van der Waals surface area contributed by atoms with Crippen LogP contribution in [-0.4, -0.2) is 25.0 Å². The molecule has 1 atom stereocenters. The fraction of sp³-hybridized carbons (Fsp3) is 0.350. The van der Waals surface area contributed by atoms with E-state index in [-0.39, 0.29) is 18.3 Å². The van der Waals surface area contributed by atoms with Crippen molar-refractivity contribution in [1.29, 1.82) is 0 Å². The summed E-state index contributed by atoms with van der Waals surface area (Å²) in [5.74, 6) is 0.669. The smallest absolute Gasteiger partial charge is 0.251 e. The molecule has 2 N–H and O–H groups in total. The number of halogens is 1. The van der Waals surface area contributed by atoms with Crippen LogP contribution >= 0.6 is 12.4 Å². The summed E-state index contributed by atoms with van der Waals surface area (Å²) in [6, 6.07) is 17.9. The zero-order chi connectivity index (χ0) is 16.6. The molecule has 134 valence electrons. The predicted molar refractivity (Wildman–Crippen MR) is 102 cm³/mol. The van der Waals surface area contributed by atoms with E-state index in [9.17, 15) is 4.79 Å². The Morgan fingerprint density at radius 3 is 2.76 bits per heavy atom. The summed E-state index contributed by atoms with van der Waals surface area (Å²) >= 11 is 0. The van der Waals surface area contributed by atoms with Gasteiger partial charge < -0.3 is 15.4 Å². The number of nitrogens with one attached hydrogen (secondary N) is 2. The van der Waals surface area contributed by atoms with Crippen molar-refractivity contribution in [3.63, 3.8) is 0 Å². The van der Waals surface area contributed by atoms with Crippen molar-refractivity contribution in [1.82, 2.24) is 10.6 Å². The monoisotopic (exact) mass is 360 g/mol. The van der Waals surface area contributed by atoms with Crippen molar-refractivity contribution in [2.45, 2.75) is 31.9 Å². The molecule has 1 fully saturated rings. The molecule has 4 nitrogen and oxygen atoms in total. The van der Waals surface area contributed by atoms with E-state index in [1.807, 2.05) is 48.5 Å². The Hall–Kier alpha value is -2.04. The van der Waals surface area contributed by atoms with E-state index in [1.165, 1.54) is 12.8 Å². The van der Waals surface area contributed by atoms with Crippen molar-refractivity contribution < 1.29 is 9.53 Å². The standard InChI is InChI=1S/C20H24N2O2.ClH/c23-20(22-13-11-18-9-5-12-21-18)17-8-4-10-19(14-17)24-15-16-6-2-1-3-7-16;/h1-4,6-8,10,14,18,21H,5,9,11-13,15H2,(H,22,23);1H/t18-;/m1./s1. The summed E-state index contributed by atoms with van der Waals surface area (Å²) in [7, 11) is 0. The first-order chi connectivity index (χ1) is 11.8. The van der Waals surface area contributed by atoms with E-state index >= 15 is 0 Å². The topological polar surface area (TPSA) is 50.4 Å². The van der Waals surface area contributed by atoms with Crippen molar-refractivity contribution >= 4 is 18.3 Å². The Morgan fingerprint density at radius 1 is 1.16 bits per heavy atom. The zero-order valence-electron chi connectivity index (χ0n) is 14.2. The van der Waals surface area contributed by atoms with E-state index in [0.717, 1.165) is 18.5 Å². The fourth-order valence-electron chi connectivity index (χ4n) is 2.93. The van der Waals surface area contributed by atoms with Crippen LogP contribution in [0.5, 0.6) is 5.75 Å². The third kappa shape index (κ3) is 6.07. The van der Waals surface area contributed by atoms with Crippen LogP contribution in [0.15, 0.2) is 54.6 Å². The fourth-order valence-corrected chi connectivity index (χ4v) is 2.93. The second-order valence-electron chi connectivity index (χ2n) is 6.14. The molecule has 0 radical (unpaired) electrons. The van der Waals surface area contributed by atoms with E-state index in [4.69, 9.17) is 4.74 Å². The third-order valence-corrected chi connectivity index (χ3v) is 4.29. The summed E-state index contributed by atoms with van der Waals surface area (Å²) in [5.41, 5.74) is 1.75. The van der Waals surface area contributed by atoms with Gasteiger partial charge in [-0.2, -0.15) is 0 Å². The molecule has 1 amide bonds. The molecule has 1 heterocycles. The molecule has 2 aromatic carbocycles. The van der Waals surface area contributed by atoms with Gasteiger partial charge in [0.25, 0.3) is 5.91 Å². The van der Waals surface area contributed by atoms with Gasteiger partial charge in [0.1, 0.15) is 12.4 Å². The molecular weight excluding hydrogens is 336 g/mol. The molecule has 5 heteroatoms. The maximum atomic E-state index is 12.3. The van der Waals surface area contributed by atoms with Gasteiger partial charge in [-0.3, -0.25) is 4.79 Å². The Balaban J connectivity index is 0.00000225. The summed E-state index contributed by atoms with van der Waals surface area (Å²) < 4.78 is 5.78. The lowest BCUT2D eigenvalue weighted by molar-refractivity contribution is 0.0952. The molecule has 0 bridgehead atoms. The van der Waals surface area contributed by atoms with Gasteiger partial charge >= 0.3 is 0 Å². The zero-order valence-corrected chi connectivity index (χ0v) is 15.1. The van der Waals surface area contributed by atoms with Crippen LogP contribution in [0.1, 0.15) is 35.2 Å². The molecule has 2 aromatic rings. The highest BCUT2D eigenvalue weighted by molar-refractivity contribution is 5.94. The highest BCUT2D eigenvalue weighted by atomic mass is 35.5. The van der Waals surface area contributed by atoms with Crippen LogP contribution in [0.25, 0.3) is 0 Å². The normalized spacial score (nSPS) is 16.1. The molecular formula is C20H25ClN2O2. The molecule has 0 spiro atoms. The van der Waals surface area contributed by atoms with Crippen LogP contribution in [0, 0.1) is 0 Å². The van der Waals surface area contributed by atoms with Crippen molar-refractivity contribution in [3.05, 3.63) is 65.7 Å². The first-order valence-corrected chi connectivity index (χ1v) is 8.59. The van der Waals surface area contributed by atoms with Gasteiger partial charge in [-0.15, -0.1) is 12.4 Å². The number of hydrogen-bond acceptors (Lipinski definition) is 3. The number of hydrogen-bond donors (Lipinski definition) is 2. The molecule has 1 aliphatic rings. The quantitative estimate of drug-likeness (QED) is 0.793. The lowest BCUT2D eigenvalue weighted by Gasteiger charge is -2.11. The number of benzene rings is 2. The highest BCUT2D eigenvalue weighted by Crippen LogP contribution is 2.15. The minimum Gasteiger partial charge on any atom is -0.489 e. The summed E-state index contributed by atoms with van der Waals surface area (Å²) in [4.78, 5) is 12.3. The van der Waals surface area contributed by atoms with Crippen molar-refractivity contribution in [2.24, 2.45) is 0 Å². The van der Waals surface area contributed by atoms with Gasteiger partial charge in [-0.25, -0.2) is 0 Å². The lowest BCUT2D eigenvalue weighted by Crippen LogP contribution is -2.30. The van der Waals surface area contributed by atoms with Gasteiger partial charge in [0.2, 0.25) is 0 Å². The minimum atomic E-state index is -0.0434. The van der Waals surface area contributed by atoms with Gasteiger partial charge in [-0.1, -0.05) is 36.4 Å². The second kappa shape index (κ2) is 10.1. The number of rotatable bonds is 7. The van der Waals surface area contributed by atoms with E-state index in [0.29, 0.717) is 30.5 Å². The van der Waals surface area contributed by atoms with Gasteiger partial charge in [-0.05, 0) is 49.6 Å². The molecule has 1 saturated heterocycles. The molecule has 3 rings (SSSR count). The number of carbonyl (C=O) groups excluding carboxylic acids is 1. The van der Waals surface area contributed by atoms with Crippen LogP contribution in [0.2, 0.25) is 0 Å². The van der Waals surface area contributed by atoms with E-state index < -0.39 is 0 Å². The van der Waals surface area contributed by atoms with Crippen LogP contribution < -0.4 is 15.4 Å². The summed E-state index contributed by atoms with van der Waals surface area (Å²) in [6.45, 7) is 2.30. The Labute approximate surface area is 155 Å². The Morgan fingerprint density at radius 2 is 2.00 bits per heavy atom. The lowest BCUT2D eigenvalue weighted by atomic mass is 10.1. The van der Waals surface area contributed by atoms with Gasteiger partial charge in [0, 0.05) is 18.2 Å². The molecule has 1 aliphatic heterocycles. The molecule has 0 aliphatic carbocycles. The predicted octanol–water partition coefficient (Wildman–Crippen LogP) is 3.56. The number of amides is 1.